The fraction of sp³-hybridized carbons (Fsp3) is 0.143. The van der Waals surface area contributed by atoms with Gasteiger partial charge in [0.25, 0.3) is 0 Å². The van der Waals surface area contributed by atoms with E-state index in [1.54, 1.807) is 0 Å². The highest BCUT2D eigenvalue weighted by Crippen LogP contribution is 2.21. The van der Waals surface area contributed by atoms with E-state index in [1.165, 1.54) is 0 Å². The lowest BCUT2D eigenvalue weighted by atomic mass is 10.2. The highest BCUT2D eigenvalue weighted by Gasteiger charge is 1.98. The highest BCUT2D eigenvalue weighted by atomic mass is 79.9. The van der Waals surface area contributed by atoms with Gasteiger partial charge in [-0.1, -0.05) is 31.9 Å². The zero-order valence-corrected chi connectivity index (χ0v) is 8.85. The third kappa shape index (κ3) is 2.56. The molecule has 0 heterocycles. The number of benzene rings is 1. The second-order valence-electron chi connectivity index (χ2n) is 2.05. The predicted molar refractivity (Wildman–Crippen MR) is 50.8 cm³/mol. The first kappa shape index (κ1) is 9.19. The molecule has 1 aromatic carbocycles. The molecule has 2 nitrogen and oxygen atoms in total. The van der Waals surface area contributed by atoms with E-state index in [0.29, 0.717) is 6.61 Å². The second-order valence-corrected chi connectivity index (χ2v) is 3.82. The first-order valence-corrected chi connectivity index (χ1v) is 4.58. The number of halogens is 2. The van der Waals surface area contributed by atoms with Crippen LogP contribution in [-0.2, 0) is 11.4 Å². The number of hydrogen-bond donors (Lipinski definition) is 1. The van der Waals surface area contributed by atoms with Gasteiger partial charge in [-0.3, -0.25) is 4.84 Å². The Bertz CT molecular complexity index is 252. The number of nitrogens with two attached hydrogens (primary N) is 1. The van der Waals surface area contributed by atoms with Crippen LogP contribution in [0, 0.1) is 0 Å². The number of rotatable bonds is 2. The molecular weight excluding hydrogens is 274 g/mol. The minimum Gasteiger partial charge on any atom is -0.300 e. The van der Waals surface area contributed by atoms with Crippen LogP contribution >= 0.6 is 31.9 Å². The lowest BCUT2D eigenvalue weighted by Gasteiger charge is -2.02. The van der Waals surface area contributed by atoms with E-state index in [2.05, 4.69) is 36.7 Å². The van der Waals surface area contributed by atoms with Crippen LogP contribution in [0.25, 0.3) is 0 Å². The van der Waals surface area contributed by atoms with Crippen molar-refractivity contribution < 1.29 is 4.84 Å². The molecular formula is C7H7Br2NO. The van der Waals surface area contributed by atoms with E-state index in [-0.39, 0.29) is 0 Å². The molecule has 2 N–H and O–H groups in total. The third-order valence-electron chi connectivity index (χ3n) is 1.25. The van der Waals surface area contributed by atoms with E-state index in [9.17, 15) is 0 Å². The van der Waals surface area contributed by atoms with Crippen molar-refractivity contribution in [3.05, 3.63) is 32.7 Å². The molecule has 0 saturated carbocycles. The van der Waals surface area contributed by atoms with Crippen LogP contribution in [0.5, 0.6) is 0 Å². The molecule has 0 aromatic heterocycles. The maximum atomic E-state index is 4.94. The maximum Gasteiger partial charge on any atom is 0.0941 e. The van der Waals surface area contributed by atoms with Crippen LogP contribution < -0.4 is 5.90 Å². The molecule has 0 amide bonds. The number of hydrogen-bond acceptors (Lipinski definition) is 2. The van der Waals surface area contributed by atoms with Crippen LogP contribution in [0.1, 0.15) is 5.56 Å². The Balaban J connectivity index is 2.93. The first-order valence-electron chi connectivity index (χ1n) is 2.99. The van der Waals surface area contributed by atoms with Gasteiger partial charge in [0, 0.05) is 8.95 Å². The van der Waals surface area contributed by atoms with Crippen LogP contribution in [0.2, 0.25) is 0 Å². The van der Waals surface area contributed by atoms with E-state index in [1.807, 2.05) is 18.2 Å². The quantitative estimate of drug-likeness (QED) is 0.846. The minimum atomic E-state index is 0.417. The van der Waals surface area contributed by atoms with Gasteiger partial charge in [-0.2, -0.15) is 0 Å². The summed E-state index contributed by atoms with van der Waals surface area (Å²) >= 11 is 6.72. The summed E-state index contributed by atoms with van der Waals surface area (Å²) in [5.41, 5.74) is 1.03. The molecule has 11 heavy (non-hydrogen) atoms. The van der Waals surface area contributed by atoms with Crippen LogP contribution in [0.3, 0.4) is 0 Å². The summed E-state index contributed by atoms with van der Waals surface area (Å²) in [6.45, 7) is 0.417. The fourth-order valence-corrected chi connectivity index (χ4v) is 1.51. The van der Waals surface area contributed by atoms with E-state index >= 15 is 0 Å². The second kappa shape index (κ2) is 4.21. The Morgan fingerprint density at radius 1 is 1.36 bits per heavy atom. The summed E-state index contributed by atoms with van der Waals surface area (Å²) in [6, 6.07) is 5.85. The van der Waals surface area contributed by atoms with Gasteiger partial charge >= 0.3 is 0 Å². The van der Waals surface area contributed by atoms with Crippen LogP contribution in [-0.4, -0.2) is 0 Å². The van der Waals surface area contributed by atoms with Crippen LogP contribution in [0.4, 0.5) is 0 Å². The molecule has 0 aliphatic rings. The Kier molecular flexibility index (Phi) is 3.51. The lowest BCUT2D eigenvalue weighted by molar-refractivity contribution is 0.123. The fourth-order valence-electron chi connectivity index (χ4n) is 0.744. The summed E-state index contributed by atoms with van der Waals surface area (Å²) < 4.78 is 2.03. The molecule has 0 unspecified atom stereocenters. The molecule has 60 valence electrons. The van der Waals surface area contributed by atoms with Crippen molar-refractivity contribution in [2.24, 2.45) is 5.90 Å². The Morgan fingerprint density at radius 3 is 2.73 bits per heavy atom. The van der Waals surface area contributed by atoms with Gasteiger partial charge in [0.05, 0.1) is 6.61 Å². The Labute approximate surface area is 81.9 Å². The summed E-state index contributed by atoms with van der Waals surface area (Å²) in [4.78, 5) is 4.51. The Morgan fingerprint density at radius 2 is 2.09 bits per heavy atom. The normalized spacial score (nSPS) is 10.1. The molecule has 4 heteroatoms. The summed E-state index contributed by atoms with van der Waals surface area (Å²) in [5.74, 6) is 4.94. The van der Waals surface area contributed by atoms with Gasteiger partial charge < -0.3 is 0 Å². The molecule has 1 rings (SSSR count). The van der Waals surface area contributed by atoms with Crippen molar-refractivity contribution in [3.63, 3.8) is 0 Å². The topological polar surface area (TPSA) is 35.2 Å². The smallest absolute Gasteiger partial charge is 0.0941 e. The molecule has 1 aromatic rings. The van der Waals surface area contributed by atoms with E-state index < -0.39 is 0 Å². The van der Waals surface area contributed by atoms with Gasteiger partial charge in [0.15, 0.2) is 0 Å². The average molecular weight is 281 g/mol. The van der Waals surface area contributed by atoms with Crippen molar-refractivity contribution in [1.82, 2.24) is 0 Å². The molecule has 0 radical (unpaired) electrons. The summed E-state index contributed by atoms with van der Waals surface area (Å²) in [5, 5.41) is 0. The van der Waals surface area contributed by atoms with E-state index in [4.69, 9.17) is 5.90 Å². The van der Waals surface area contributed by atoms with Crippen LogP contribution in [0.15, 0.2) is 27.1 Å². The summed E-state index contributed by atoms with van der Waals surface area (Å²) in [6.07, 6.45) is 0. The van der Waals surface area contributed by atoms with Crippen molar-refractivity contribution in [3.8, 4) is 0 Å². The molecule has 0 fully saturated rings. The molecule has 0 atom stereocenters. The van der Waals surface area contributed by atoms with Gasteiger partial charge in [-0.15, -0.1) is 0 Å². The van der Waals surface area contributed by atoms with Gasteiger partial charge in [-0.05, 0) is 23.8 Å². The lowest BCUT2D eigenvalue weighted by Crippen LogP contribution is -1.99. The third-order valence-corrected chi connectivity index (χ3v) is 2.51. The van der Waals surface area contributed by atoms with Gasteiger partial charge in [-0.25, -0.2) is 5.90 Å². The Hall–Kier alpha value is 0.1000. The molecule has 0 spiro atoms. The molecule has 0 aliphatic heterocycles. The predicted octanol–water partition coefficient (Wildman–Crippen LogP) is 2.60. The zero-order valence-electron chi connectivity index (χ0n) is 5.68. The standard InChI is InChI=1S/C7H7Br2NO/c8-6-1-2-7(9)5(3-6)4-11-10/h1-3H,4,10H2. The zero-order chi connectivity index (χ0) is 8.27. The monoisotopic (exact) mass is 279 g/mol. The average Bonchev–Trinajstić information content (AvgIpc) is 1.98. The van der Waals surface area contributed by atoms with E-state index in [0.717, 1.165) is 14.5 Å². The first-order chi connectivity index (χ1) is 5.24. The molecule has 0 aliphatic carbocycles. The minimum absolute atomic E-state index is 0.417. The largest absolute Gasteiger partial charge is 0.300 e. The SMILES string of the molecule is NOCc1cc(Br)ccc1Br. The highest BCUT2D eigenvalue weighted by molar-refractivity contribution is 9.11. The summed E-state index contributed by atoms with van der Waals surface area (Å²) in [7, 11) is 0. The molecule has 0 saturated heterocycles. The maximum absolute atomic E-state index is 4.94. The van der Waals surface area contributed by atoms with Gasteiger partial charge in [0.1, 0.15) is 0 Å². The van der Waals surface area contributed by atoms with Crippen molar-refractivity contribution in [1.29, 1.82) is 0 Å². The van der Waals surface area contributed by atoms with Gasteiger partial charge in [0.2, 0.25) is 0 Å². The molecule has 0 bridgehead atoms. The van der Waals surface area contributed by atoms with Crippen molar-refractivity contribution in [2.75, 3.05) is 0 Å². The van der Waals surface area contributed by atoms with Crippen molar-refractivity contribution >= 4 is 31.9 Å². The van der Waals surface area contributed by atoms with Crippen molar-refractivity contribution in [2.45, 2.75) is 6.61 Å².